The van der Waals surface area contributed by atoms with E-state index in [9.17, 15) is 14.4 Å². The van der Waals surface area contributed by atoms with Gasteiger partial charge in [-0.1, -0.05) is 11.6 Å². The van der Waals surface area contributed by atoms with Gasteiger partial charge in [0, 0.05) is 28.7 Å². The molecule has 0 bridgehead atoms. The van der Waals surface area contributed by atoms with Crippen LogP contribution in [0.2, 0.25) is 0 Å². The van der Waals surface area contributed by atoms with Crippen molar-refractivity contribution in [2.24, 2.45) is 0 Å². The van der Waals surface area contributed by atoms with Gasteiger partial charge in [-0.05, 0) is 40.5 Å². The Morgan fingerprint density at radius 2 is 1.63 bits per heavy atom. The summed E-state index contributed by atoms with van der Waals surface area (Å²) in [5.74, 6) is -0.0834. The van der Waals surface area contributed by atoms with Crippen LogP contribution < -0.4 is 0 Å². The van der Waals surface area contributed by atoms with E-state index in [1.165, 1.54) is 0 Å². The van der Waals surface area contributed by atoms with Crippen molar-refractivity contribution >= 4 is 17.9 Å². The molecule has 0 aromatic rings. The van der Waals surface area contributed by atoms with E-state index in [4.69, 9.17) is 0 Å². The molecule has 3 heteroatoms. The number of carbonyl (C=O) groups excluding carboxylic acids is 3. The van der Waals surface area contributed by atoms with Crippen LogP contribution in [-0.4, -0.2) is 17.9 Å². The number of hydrogen-bond acceptors (Lipinski definition) is 3. The van der Waals surface area contributed by atoms with E-state index >= 15 is 0 Å². The Hall–Kier alpha value is -1.77. The molecule has 0 fully saturated rings. The lowest BCUT2D eigenvalue weighted by Crippen LogP contribution is -2.20. The van der Waals surface area contributed by atoms with E-state index in [1.807, 2.05) is 19.3 Å². The third kappa shape index (κ3) is 3.37. The topological polar surface area (TPSA) is 51.2 Å². The van der Waals surface area contributed by atoms with Crippen molar-refractivity contribution in [2.75, 3.05) is 0 Å². The van der Waals surface area contributed by atoms with Crippen molar-refractivity contribution in [1.82, 2.24) is 0 Å². The highest BCUT2D eigenvalue weighted by atomic mass is 16.1. The van der Waals surface area contributed by atoms with E-state index in [2.05, 4.69) is 0 Å². The zero-order chi connectivity index (χ0) is 14.6. The van der Waals surface area contributed by atoms with Gasteiger partial charge in [0.15, 0.2) is 17.9 Å². The van der Waals surface area contributed by atoms with E-state index < -0.39 is 0 Å². The normalized spacial score (nSPS) is 17.4. The van der Waals surface area contributed by atoms with E-state index in [0.29, 0.717) is 41.6 Å². The summed E-state index contributed by atoms with van der Waals surface area (Å²) in [5, 5.41) is 0. The van der Waals surface area contributed by atoms with Gasteiger partial charge in [0.25, 0.3) is 0 Å². The number of ketones is 2. The minimum Gasteiger partial charge on any atom is -0.291 e. The molecule has 0 saturated carbocycles. The highest BCUT2D eigenvalue weighted by Crippen LogP contribution is 2.26. The molecule has 0 heterocycles. The molecule has 1 aliphatic rings. The predicted octanol–water partition coefficient (Wildman–Crippen LogP) is 3.02. The average Bonchev–Trinajstić information content (AvgIpc) is 2.40. The third-order valence-electron chi connectivity index (χ3n) is 3.59. The van der Waals surface area contributed by atoms with Crippen LogP contribution in [0.4, 0.5) is 0 Å². The molecule has 101 valence electrons. The molecule has 3 nitrogen and oxygen atoms in total. The zero-order valence-electron chi connectivity index (χ0n) is 11.9. The first-order chi connectivity index (χ1) is 8.90. The summed E-state index contributed by atoms with van der Waals surface area (Å²) in [7, 11) is 0. The summed E-state index contributed by atoms with van der Waals surface area (Å²) < 4.78 is 0. The standard InChI is InChI=1S/C16H19O3/c1-10(6-5-9-17)7-8-14-13(4)15(18)11(2)12(3)16(14)19/h7H,5-6,8H2,1-4H3. The summed E-state index contributed by atoms with van der Waals surface area (Å²) in [4.78, 5) is 34.3. The smallest absolute Gasteiger partial charge is 0.198 e. The van der Waals surface area contributed by atoms with Gasteiger partial charge in [0.05, 0.1) is 0 Å². The average molecular weight is 259 g/mol. The van der Waals surface area contributed by atoms with Crippen molar-refractivity contribution in [1.29, 1.82) is 0 Å². The van der Waals surface area contributed by atoms with E-state index in [-0.39, 0.29) is 11.6 Å². The second-order valence-corrected chi connectivity index (χ2v) is 4.91. The fraction of sp³-hybridized carbons (Fsp3) is 0.438. The molecule has 0 amide bonds. The quantitative estimate of drug-likeness (QED) is 0.563. The molecule has 0 aromatic carbocycles. The summed E-state index contributed by atoms with van der Waals surface area (Å²) >= 11 is 0. The number of Topliss-reactive ketones (excluding diaryl/α,β-unsaturated/α-hetero) is 2. The maximum atomic E-state index is 12.2. The number of carbonyl (C=O) groups is 2. The molecule has 0 aromatic heterocycles. The van der Waals surface area contributed by atoms with Crippen LogP contribution >= 0.6 is 0 Å². The molecule has 1 aliphatic carbocycles. The lowest BCUT2D eigenvalue weighted by atomic mass is 9.84. The van der Waals surface area contributed by atoms with Gasteiger partial charge in [0.2, 0.25) is 0 Å². The number of rotatable bonds is 5. The van der Waals surface area contributed by atoms with Gasteiger partial charge < -0.3 is 0 Å². The molecule has 1 radical (unpaired) electrons. The molecule has 0 unspecified atom stereocenters. The van der Waals surface area contributed by atoms with Gasteiger partial charge >= 0.3 is 0 Å². The molecular formula is C16H19O3. The first kappa shape index (κ1) is 15.3. The van der Waals surface area contributed by atoms with Gasteiger partial charge in [-0.25, -0.2) is 0 Å². The Kier molecular flexibility index (Phi) is 5.16. The molecule has 0 N–H and O–H groups in total. The zero-order valence-corrected chi connectivity index (χ0v) is 11.9. The van der Waals surface area contributed by atoms with Crippen molar-refractivity contribution in [3.05, 3.63) is 33.9 Å². The van der Waals surface area contributed by atoms with Crippen LogP contribution in [0.1, 0.15) is 47.0 Å². The van der Waals surface area contributed by atoms with Gasteiger partial charge in [-0.2, -0.15) is 0 Å². The van der Waals surface area contributed by atoms with Crippen molar-refractivity contribution in [3.63, 3.8) is 0 Å². The van der Waals surface area contributed by atoms with Gasteiger partial charge in [0.1, 0.15) is 0 Å². The fourth-order valence-corrected chi connectivity index (χ4v) is 2.03. The lowest BCUT2D eigenvalue weighted by molar-refractivity contribution is -0.116. The summed E-state index contributed by atoms with van der Waals surface area (Å²) in [6, 6.07) is 0. The van der Waals surface area contributed by atoms with Crippen LogP contribution in [0.3, 0.4) is 0 Å². The third-order valence-corrected chi connectivity index (χ3v) is 3.59. The Morgan fingerprint density at radius 3 is 2.21 bits per heavy atom. The largest absolute Gasteiger partial charge is 0.291 e. The monoisotopic (exact) mass is 259 g/mol. The number of hydrogen-bond donors (Lipinski definition) is 0. The molecular weight excluding hydrogens is 240 g/mol. The Morgan fingerprint density at radius 1 is 1.05 bits per heavy atom. The molecule has 0 atom stereocenters. The van der Waals surface area contributed by atoms with Crippen molar-refractivity contribution < 1.29 is 14.4 Å². The first-order valence-corrected chi connectivity index (χ1v) is 6.37. The summed E-state index contributed by atoms with van der Waals surface area (Å²) in [6.07, 6.45) is 5.22. The van der Waals surface area contributed by atoms with E-state index in [1.54, 1.807) is 20.8 Å². The molecule has 0 spiro atoms. The number of allylic oxidation sites excluding steroid dienone is 6. The van der Waals surface area contributed by atoms with Crippen LogP contribution in [0.15, 0.2) is 33.9 Å². The second-order valence-electron chi connectivity index (χ2n) is 4.91. The van der Waals surface area contributed by atoms with Crippen LogP contribution in [0.25, 0.3) is 0 Å². The fourth-order valence-electron chi connectivity index (χ4n) is 2.03. The van der Waals surface area contributed by atoms with Gasteiger partial charge in [-0.3, -0.25) is 14.4 Å². The van der Waals surface area contributed by atoms with Crippen LogP contribution in [-0.2, 0) is 14.4 Å². The first-order valence-electron chi connectivity index (χ1n) is 6.37. The molecule has 19 heavy (non-hydrogen) atoms. The van der Waals surface area contributed by atoms with Crippen molar-refractivity contribution in [3.8, 4) is 0 Å². The molecule has 0 saturated heterocycles. The minimum absolute atomic E-state index is 0.0411. The summed E-state index contributed by atoms with van der Waals surface area (Å²) in [6.45, 7) is 7.00. The second kappa shape index (κ2) is 6.41. The Labute approximate surface area is 114 Å². The SMILES string of the molecule is CC(=CCC1=C(C)C(=O)C(C)=C(C)C1=O)CC[C]=O. The van der Waals surface area contributed by atoms with E-state index in [0.717, 1.165) is 5.57 Å². The minimum atomic E-state index is -0.0422. The van der Waals surface area contributed by atoms with Crippen LogP contribution in [0, 0.1) is 0 Å². The Balaban J connectivity index is 2.92. The molecule has 0 aliphatic heterocycles. The maximum Gasteiger partial charge on any atom is 0.198 e. The maximum absolute atomic E-state index is 12.2. The molecule has 1 rings (SSSR count). The highest BCUT2D eigenvalue weighted by molar-refractivity contribution is 6.24. The lowest BCUT2D eigenvalue weighted by Gasteiger charge is -2.17. The Bertz CT molecular complexity index is 516. The van der Waals surface area contributed by atoms with Crippen molar-refractivity contribution in [2.45, 2.75) is 47.0 Å². The van der Waals surface area contributed by atoms with Crippen LogP contribution in [0.5, 0.6) is 0 Å². The highest BCUT2D eigenvalue weighted by Gasteiger charge is 2.26. The summed E-state index contributed by atoms with van der Waals surface area (Å²) in [5.41, 5.74) is 3.23. The predicted molar refractivity (Wildman–Crippen MR) is 74.4 cm³/mol. The van der Waals surface area contributed by atoms with Gasteiger partial charge in [-0.15, -0.1) is 0 Å².